The Bertz CT molecular complexity index is 465. The molecule has 1 aromatic carbocycles. The largest absolute Gasteiger partial charge is 0.369 e. The fourth-order valence-corrected chi connectivity index (χ4v) is 1.03. The van der Waals surface area contributed by atoms with Crippen molar-refractivity contribution in [2.24, 2.45) is 0 Å². The van der Waals surface area contributed by atoms with Crippen LogP contribution in [0.25, 0.3) is 0 Å². The lowest BCUT2D eigenvalue weighted by atomic mass is 10.2. The summed E-state index contributed by atoms with van der Waals surface area (Å²) in [5.74, 6) is 0. The summed E-state index contributed by atoms with van der Waals surface area (Å²) >= 11 is 0. The third-order valence-electron chi connectivity index (χ3n) is 1.58. The summed E-state index contributed by atoms with van der Waals surface area (Å²) in [6, 6.07) is 3.47. The van der Waals surface area contributed by atoms with Crippen molar-refractivity contribution in [1.29, 1.82) is 5.26 Å². The molecule has 0 radical (unpaired) electrons. The Morgan fingerprint density at radius 2 is 1.93 bits per heavy atom. The number of benzene rings is 1. The highest BCUT2D eigenvalue weighted by molar-refractivity contribution is 5.72. The topological polar surface area (TPSA) is 122 Å². The van der Waals surface area contributed by atoms with Crippen LogP contribution >= 0.6 is 0 Å². The molecular weight excluding hydrogens is 204 g/mol. The minimum absolute atomic E-state index is 0.197. The third-order valence-corrected chi connectivity index (χ3v) is 1.58. The van der Waals surface area contributed by atoms with E-state index in [2.05, 4.69) is 0 Å². The Balaban J connectivity index is 3.43. The SMILES string of the molecule is N#CNc1cccc([N+](=O)[O-])c1[N+](=O)[O-]. The molecule has 1 aromatic rings. The number of nitro benzene ring substituents is 2. The fraction of sp³-hybridized carbons (Fsp3) is 0. The molecule has 0 saturated heterocycles. The third kappa shape index (κ3) is 1.97. The number of rotatable bonds is 3. The molecule has 0 aromatic heterocycles. The molecule has 0 bridgehead atoms. The Kier molecular flexibility index (Phi) is 2.78. The first kappa shape index (κ1) is 10.4. The van der Waals surface area contributed by atoms with Crippen LogP contribution in [0.1, 0.15) is 0 Å². The van der Waals surface area contributed by atoms with Crippen LogP contribution in [-0.2, 0) is 0 Å². The van der Waals surface area contributed by atoms with E-state index in [0.717, 1.165) is 6.07 Å². The Hall–Kier alpha value is -2.69. The molecule has 0 aliphatic carbocycles. The number of anilines is 1. The van der Waals surface area contributed by atoms with Crippen molar-refractivity contribution in [3.63, 3.8) is 0 Å². The van der Waals surface area contributed by atoms with Crippen molar-refractivity contribution in [2.75, 3.05) is 5.32 Å². The van der Waals surface area contributed by atoms with E-state index in [1.807, 2.05) is 5.32 Å². The van der Waals surface area contributed by atoms with Gasteiger partial charge in [-0.3, -0.25) is 25.5 Å². The average Bonchev–Trinajstić information content (AvgIpc) is 2.17. The molecule has 0 atom stereocenters. The lowest BCUT2D eigenvalue weighted by molar-refractivity contribution is -0.421. The summed E-state index contributed by atoms with van der Waals surface area (Å²) in [5, 5.41) is 31.4. The molecule has 0 unspecified atom stereocenters. The number of nitro groups is 2. The van der Waals surface area contributed by atoms with E-state index in [9.17, 15) is 20.2 Å². The van der Waals surface area contributed by atoms with Crippen molar-refractivity contribution in [1.82, 2.24) is 0 Å². The number of nitrogens with zero attached hydrogens (tertiary/aromatic N) is 3. The molecule has 0 fully saturated rings. The second kappa shape index (κ2) is 4.01. The summed E-state index contributed by atoms with van der Waals surface area (Å²) in [4.78, 5) is 19.3. The number of hydrogen-bond acceptors (Lipinski definition) is 6. The minimum Gasteiger partial charge on any atom is -0.286 e. The normalized spacial score (nSPS) is 9.00. The molecule has 0 heterocycles. The van der Waals surface area contributed by atoms with E-state index >= 15 is 0 Å². The second-order valence-electron chi connectivity index (χ2n) is 2.42. The highest BCUT2D eigenvalue weighted by atomic mass is 16.6. The van der Waals surface area contributed by atoms with E-state index in [-0.39, 0.29) is 5.69 Å². The predicted octanol–water partition coefficient (Wildman–Crippen LogP) is 1.40. The van der Waals surface area contributed by atoms with Crippen LogP contribution < -0.4 is 5.32 Å². The molecule has 76 valence electrons. The molecule has 1 rings (SSSR count). The number of nitriles is 1. The van der Waals surface area contributed by atoms with Crippen molar-refractivity contribution in [3.8, 4) is 6.19 Å². The van der Waals surface area contributed by atoms with Gasteiger partial charge in [0, 0.05) is 6.07 Å². The quantitative estimate of drug-likeness (QED) is 0.346. The Labute approximate surface area is 83.0 Å². The van der Waals surface area contributed by atoms with Gasteiger partial charge in [-0.05, 0) is 6.07 Å². The number of hydrogen-bond donors (Lipinski definition) is 1. The molecule has 1 N–H and O–H groups in total. The zero-order valence-electron chi connectivity index (χ0n) is 7.21. The summed E-state index contributed by atoms with van der Waals surface area (Å²) in [6.07, 6.45) is 1.47. The molecule has 8 heteroatoms. The highest BCUT2D eigenvalue weighted by Crippen LogP contribution is 2.33. The first-order valence-corrected chi connectivity index (χ1v) is 3.65. The van der Waals surface area contributed by atoms with Crippen molar-refractivity contribution >= 4 is 17.1 Å². The Morgan fingerprint density at radius 1 is 1.27 bits per heavy atom. The van der Waals surface area contributed by atoms with Gasteiger partial charge in [0.2, 0.25) is 0 Å². The zero-order chi connectivity index (χ0) is 11.4. The number of para-hydroxylation sites is 1. The maximum absolute atomic E-state index is 10.6. The van der Waals surface area contributed by atoms with Crippen LogP contribution in [0, 0.1) is 31.7 Å². The molecule has 0 saturated carbocycles. The fourth-order valence-electron chi connectivity index (χ4n) is 1.03. The monoisotopic (exact) mass is 208 g/mol. The maximum Gasteiger partial charge on any atom is 0.369 e. The molecular formula is C7H4N4O4. The molecule has 0 spiro atoms. The molecule has 0 aliphatic heterocycles. The smallest absolute Gasteiger partial charge is 0.286 e. The summed E-state index contributed by atoms with van der Waals surface area (Å²) in [5.41, 5.74) is -1.57. The first-order valence-electron chi connectivity index (χ1n) is 3.65. The lowest BCUT2D eigenvalue weighted by Crippen LogP contribution is -2.00. The van der Waals surface area contributed by atoms with E-state index in [0.29, 0.717) is 0 Å². The summed E-state index contributed by atoms with van der Waals surface area (Å²) in [7, 11) is 0. The standard InChI is InChI=1S/C7H4N4O4/c8-4-9-5-2-1-3-6(10(12)13)7(5)11(14)15/h1-3,9H. The van der Waals surface area contributed by atoms with Crippen LogP contribution in [-0.4, -0.2) is 9.85 Å². The van der Waals surface area contributed by atoms with Gasteiger partial charge in [0.25, 0.3) is 0 Å². The first-order chi connectivity index (χ1) is 7.07. The van der Waals surface area contributed by atoms with Gasteiger partial charge < -0.3 is 0 Å². The zero-order valence-corrected chi connectivity index (χ0v) is 7.21. The van der Waals surface area contributed by atoms with Gasteiger partial charge in [0.05, 0.1) is 9.85 Å². The van der Waals surface area contributed by atoms with Crippen molar-refractivity contribution in [2.45, 2.75) is 0 Å². The summed E-state index contributed by atoms with van der Waals surface area (Å²) < 4.78 is 0. The van der Waals surface area contributed by atoms with Crippen LogP contribution in [0.5, 0.6) is 0 Å². The van der Waals surface area contributed by atoms with Gasteiger partial charge in [-0.15, -0.1) is 0 Å². The van der Waals surface area contributed by atoms with Crippen LogP contribution in [0.4, 0.5) is 17.1 Å². The highest BCUT2D eigenvalue weighted by Gasteiger charge is 2.27. The predicted molar refractivity (Wildman–Crippen MR) is 49.0 cm³/mol. The summed E-state index contributed by atoms with van der Waals surface area (Å²) in [6.45, 7) is 0. The van der Waals surface area contributed by atoms with Gasteiger partial charge in [0.15, 0.2) is 6.19 Å². The van der Waals surface area contributed by atoms with Crippen LogP contribution in [0.15, 0.2) is 18.2 Å². The van der Waals surface area contributed by atoms with E-state index in [1.54, 1.807) is 0 Å². The minimum atomic E-state index is -0.905. The van der Waals surface area contributed by atoms with E-state index < -0.39 is 21.2 Å². The van der Waals surface area contributed by atoms with Crippen molar-refractivity contribution in [3.05, 3.63) is 38.4 Å². The molecule has 0 amide bonds. The van der Waals surface area contributed by atoms with E-state index in [1.165, 1.54) is 18.3 Å². The van der Waals surface area contributed by atoms with Crippen LogP contribution in [0.2, 0.25) is 0 Å². The lowest BCUT2D eigenvalue weighted by Gasteiger charge is -1.99. The second-order valence-corrected chi connectivity index (χ2v) is 2.42. The Morgan fingerprint density at radius 3 is 2.40 bits per heavy atom. The van der Waals surface area contributed by atoms with Gasteiger partial charge in [-0.1, -0.05) is 6.07 Å². The molecule has 15 heavy (non-hydrogen) atoms. The van der Waals surface area contributed by atoms with E-state index in [4.69, 9.17) is 5.26 Å². The van der Waals surface area contributed by atoms with Gasteiger partial charge in [0.1, 0.15) is 5.69 Å². The van der Waals surface area contributed by atoms with Crippen LogP contribution in [0.3, 0.4) is 0 Å². The van der Waals surface area contributed by atoms with Gasteiger partial charge in [-0.25, -0.2) is 0 Å². The molecule has 8 nitrogen and oxygen atoms in total. The molecule has 0 aliphatic rings. The number of nitrogens with one attached hydrogen (secondary N) is 1. The van der Waals surface area contributed by atoms with Crippen molar-refractivity contribution < 1.29 is 9.85 Å². The van der Waals surface area contributed by atoms with Gasteiger partial charge >= 0.3 is 11.4 Å². The average molecular weight is 208 g/mol. The van der Waals surface area contributed by atoms with Gasteiger partial charge in [-0.2, -0.15) is 5.26 Å². The maximum atomic E-state index is 10.6.